The van der Waals surface area contributed by atoms with Crippen LogP contribution in [0.25, 0.3) is 0 Å². The lowest BCUT2D eigenvalue weighted by molar-refractivity contribution is 0.470. The number of amidine groups is 1. The van der Waals surface area contributed by atoms with Crippen molar-refractivity contribution in [3.8, 4) is 5.75 Å². The Labute approximate surface area is 106 Å². The third-order valence-electron chi connectivity index (χ3n) is 2.97. The molecule has 0 saturated heterocycles. The van der Waals surface area contributed by atoms with Crippen LogP contribution in [0.4, 0.5) is 0 Å². The zero-order valence-corrected chi connectivity index (χ0v) is 11.3. The van der Waals surface area contributed by atoms with Crippen LogP contribution in [0.3, 0.4) is 0 Å². The fraction of sp³-hybridized carbons (Fsp3) is 0.417. The van der Waals surface area contributed by atoms with E-state index >= 15 is 0 Å². The molecule has 3 nitrogen and oxygen atoms in total. The van der Waals surface area contributed by atoms with E-state index in [0.717, 1.165) is 36.5 Å². The topological polar surface area (TPSA) is 44.6 Å². The van der Waals surface area contributed by atoms with Gasteiger partial charge in [0.1, 0.15) is 11.6 Å². The number of phenolic OH excluding ortho intramolecular Hbond substituents is 1. The summed E-state index contributed by atoms with van der Waals surface area (Å²) >= 11 is 0. The predicted octanol–water partition coefficient (Wildman–Crippen LogP) is 2.13. The van der Waals surface area contributed by atoms with E-state index in [9.17, 15) is 5.11 Å². The summed E-state index contributed by atoms with van der Waals surface area (Å²) in [6, 6.07) is 3.73. The van der Waals surface area contributed by atoms with E-state index in [1.165, 1.54) is 5.56 Å². The molecule has 2 N–H and O–H groups in total. The van der Waals surface area contributed by atoms with Gasteiger partial charge in [0, 0.05) is 13.0 Å². The van der Waals surface area contributed by atoms with E-state index in [2.05, 4.69) is 10.3 Å². The van der Waals surface area contributed by atoms with Gasteiger partial charge in [-0.3, -0.25) is 4.99 Å². The van der Waals surface area contributed by atoms with Gasteiger partial charge in [0.25, 0.3) is 0 Å². The lowest BCUT2D eigenvalue weighted by atomic mass is 10.00. The molecule has 88 valence electrons. The first kappa shape index (κ1) is 13.0. The van der Waals surface area contributed by atoms with Crippen molar-refractivity contribution in [2.45, 2.75) is 20.3 Å². The number of rotatable bonds is 2. The lowest BCUT2D eigenvalue weighted by Gasteiger charge is -2.10. The normalized spacial score (nSPS) is 14.0. The molecule has 0 aliphatic carbocycles. The summed E-state index contributed by atoms with van der Waals surface area (Å²) < 4.78 is 0. The van der Waals surface area contributed by atoms with Crippen LogP contribution in [0.15, 0.2) is 17.1 Å². The van der Waals surface area contributed by atoms with E-state index < -0.39 is 0 Å². The van der Waals surface area contributed by atoms with E-state index in [0.29, 0.717) is 5.75 Å². The number of hydrogen-bond donors (Lipinski definition) is 2. The lowest BCUT2D eigenvalue weighted by Crippen LogP contribution is -2.21. The molecule has 1 aliphatic heterocycles. The highest BCUT2D eigenvalue weighted by atomic mass is 79.9. The van der Waals surface area contributed by atoms with Crippen LogP contribution in [-0.4, -0.2) is 24.0 Å². The summed E-state index contributed by atoms with van der Waals surface area (Å²) in [6.45, 7) is 5.81. The Bertz CT molecular complexity index is 416. The molecule has 16 heavy (non-hydrogen) atoms. The van der Waals surface area contributed by atoms with Gasteiger partial charge in [-0.25, -0.2) is 0 Å². The molecule has 0 amide bonds. The molecule has 1 aliphatic rings. The fourth-order valence-electron chi connectivity index (χ4n) is 1.80. The second-order valence-electron chi connectivity index (χ2n) is 3.93. The summed E-state index contributed by atoms with van der Waals surface area (Å²) in [5.74, 6) is 1.43. The third kappa shape index (κ3) is 2.55. The highest BCUT2D eigenvalue weighted by Crippen LogP contribution is 2.23. The first-order valence-electron chi connectivity index (χ1n) is 5.23. The van der Waals surface area contributed by atoms with Gasteiger partial charge in [0.15, 0.2) is 0 Å². The van der Waals surface area contributed by atoms with Crippen molar-refractivity contribution in [1.82, 2.24) is 5.32 Å². The third-order valence-corrected chi connectivity index (χ3v) is 2.97. The minimum atomic E-state index is 0. The Hall–Kier alpha value is -1.03. The van der Waals surface area contributed by atoms with Gasteiger partial charge in [-0.05, 0) is 36.6 Å². The molecule has 2 rings (SSSR count). The molecular formula is C12H17BrN2O. The van der Waals surface area contributed by atoms with Crippen molar-refractivity contribution in [3.05, 3.63) is 28.8 Å². The Morgan fingerprint density at radius 2 is 2.06 bits per heavy atom. The van der Waals surface area contributed by atoms with E-state index in [1.807, 2.05) is 19.9 Å². The van der Waals surface area contributed by atoms with Gasteiger partial charge in [-0.1, -0.05) is 6.07 Å². The molecule has 0 fully saturated rings. The monoisotopic (exact) mass is 284 g/mol. The SMILES string of the molecule is Br.Cc1c(O)ccc(CC2=NCCN2)c1C. The van der Waals surface area contributed by atoms with Crippen molar-refractivity contribution in [2.24, 2.45) is 4.99 Å². The number of hydrogen-bond acceptors (Lipinski definition) is 3. The van der Waals surface area contributed by atoms with Gasteiger partial charge in [0.2, 0.25) is 0 Å². The Morgan fingerprint density at radius 1 is 1.31 bits per heavy atom. The minimum Gasteiger partial charge on any atom is -0.508 e. The maximum Gasteiger partial charge on any atom is 0.118 e. The van der Waals surface area contributed by atoms with Crippen LogP contribution in [0.5, 0.6) is 5.75 Å². The van der Waals surface area contributed by atoms with Gasteiger partial charge < -0.3 is 10.4 Å². The van der Waals surface area contributed by atoms with Crippen molar-refractivity contribution in [2.75, 3.05) is 13.1 Å². The Balaban J connectivity index is 0.00000128. The number of halogens is 1. The molecule has 4 heteroatoms. The average Bonchev–Trinajstić information content (AvgIpc) is 2.72. The van der Waals surface area contributed by atoms with E-state index in [1.54, 1.807) is 6.07 Å². The van der Waals surface area contributed by atoms with Crippen LogP contribution in [-0.2, 0) is 6.42 Å². The zero-order chi connectivity index (χ0) is 10.8. The maximum absolute atomic E-state index is 9.54. The van der Waals surface area contributed by atoms with Crippen LogP contribution in [0.1, 0.15) is 16.7 Å². The van der Waals surface area contributed by atoms with Gasteiger partial charge >= 0.3 is 0 Å². The molecule has 0 aromatic heterocycles. The molecule has 0 radical (unpaired) electrons. The van der Waals surface area contributed by atoms with Crippen molar-refractivity contribution in [3.63, 3.8) is 0 Å². The Morgan fingerprint density at radius 3 is 2.69 bits per heavy atom. The highest BCUT2D eigenvalue weighted by molar-refractivity contribution is 8.93. The van der Waals surface area contributed by atoms with Crippen LogP contribution in [0, 0.1) is 13.8 Å². The molecule has 0 atom stereocenters. The number of benzene rings is 1. The molecular weight excluding hydrogens is 268 g/mol. The number of aliphatic imine (C=N–C) groups is 1. The second-order valence-corrected chi connectivity index (χ2v) is 3.93. The smallest absolute Gasteiger partial charge is 0.118 e. The van der Waals surface area contributed by atoms with Crippen LogP contribution < -0.4 is 5.32 Å². The van der Waals surface area contributed by atoms with Gasteiger partial charge in [-0.15, -0.1) is 17.0 Å². The largest absolute Gasteiger partial charge is 0.508 e. The highest BCUT2D eigenvalue weighted by Gasteiger charge is 2.10. The van der Waals surface area contributed by atoms with Crippen LogP contribution >= 0.6 is 17.0 Å². The first-order chi connectivity index (χ1) is 7.18. The number of nitrogens with one attached hydrogen (secondary N) is 1. The predicted molar refractivity (Wildman–Crippen MR) is 71.9 cm³/mol. The minimum absolute atomic E-state index is 0. The summed E-state index contributed by atoms with van der Waals surface area (Å²) in [4.78, 5) is 4.37. The zero-order valence-electron chi connectivity index (χ0n) is 9.58. The molecule has 1 aromatic rings. The van der Waals surface area contributed by atoms with E-state index in [4.69, 9.17) is 0 Å². The molecule has 0 spiro atoms. The summed E-state index contributed by atoms with van der Waals surface area (Å²) in [7, 11) is 0. The molecule has 1 aromatic carbocycles. The van der Waals surface area contributed by atoms with Crippen molar-refractivity contribution in [1.29, 1.82) is 0 Å². The van der Waals surface area contributed by atoms with Gasteiger partial charge in [-0.2, -0.15) is 0 Å². The Kier molecular flexibility index (Phi) is 4.35. The first-order valence-corrected chi connectivity index (χ1v) is 5.23. The summed E-state index contributed by atoms with van der Waals surface area (Å²) in [5.41, 5.74) is 3.36. The fourth-order valence-corrected chi connectivity index (χ4v) is 1.80. The number of aromatic hydroxyl groups is 1. The molecule has 0 saturated carbocycles. The van der Waals surface area contributed by atoms with Crippen molar-refractivity contribution < 1.29 is 5.11 Å². The quantitative estimate of drug-likeness (QED) is 0.874. The summed E-state index contributed by atoms with van der Waals surface area (Å²) in [6.07, 6.45) is 0.840. The molecule has 0 bridgehead atoms. The molecule has 0 unspecified atom stereocenters. The number of phenols is 1. The average molecular weight is 285 g/mol. The van der Waals surface area contributed by atoms with Crippen LogP contribution in [0.2, 0.25) is 0 Å². The number of nitrogens with zero attached hydrogens (tertiary/aromatic N) is 1. The summed E-state index contributed by atoms with van der Waals surface area (Å²) in [5, 5.41) is 12.8. The molecule has 1 heterocycles. The van der Waals surface area contributed by atoms with Crippen molar-refractivity contribution >= 4 is 22.8 Å². The van der Waals surface area contributed by atoms with E-state index in [-0.39, 0.29) is 17.0 Å². The van der Waals surface area contributed by atoms with Gasteiger partial charge in [0.05, 0.1) is 6.54 Å². The maximum atomic E-state index is 9.54. The standard InChI is InChI=1S/C12H16N2O.BrH/c1-8-9(2)11(15)4-3-10(8)7-12-13-5-6-14-12;/h3-4,15H,5-7H2,1-2H3,(H,13,14);1H. The second kappa shape index (κ2) is 5.34.